The van der Waals surface area contributed by atoms with E-state index in [0.717, 1.165) is 11.3 Å². The SMILES string of the molecule is C=C(/N=C(\C=C/N)c1ccc(Cl)cc1)Nc1ccc(C(=O)N(C)C)cc1. The molecule has 0 spiro atoms. The molecule has 0 unspecified atom stereocenters. The van der Waals surface area contributed by atoms with Gasteiger partial charge in [-0.25, -0.2) is 4.99 Å². The largest absolute Gasteiger partial charge is 0.405 e. The first-order valence-electron chi connectivity index (χ1n) is 7.91. The van der Waals surface area contributed by atoms with Crippen LogP contribution >= 0.6 is 11.6 Å². The van der Waals surface area contributed by atoms with Crippen LogP contribution in [0.25, 0.3) is 0 Å². The summed E-state index contributed by atoms with van der Waals surface area (Å²) in [4.78, 5) is 17.9. The maximum absolute atomic E-state index is 11.9. The van der Waals surface area contributed by atoms with Gasteiger partial charge in [0.05, 0.1) is 5.71 Å². The minimum atomic E-state index is -0.0495. The van der Waals surface area contributed by atoms with Crippen molar-refractivity contribution in [1.29, 1.82) is 0 Å². The Hall–Kier alpha value is -3.05. The summed E-state index contributed by atoms with van der Waals surface area (Å²) in [6.07, 6.45) is 3.11. The fraction of sp³-hybridized carbons (Fsp3) is 0.100. The van der Waals surface area contributed by atoms with Gasteiger partial charge in [0.15, 0.2) is 0 Å². The molecule has 0 aliphatic rings. The zero-order valence-electron chi connectivity index (χ0n) is 14.7. The van der Waals surface area contributed by atoms with E-state index in [1.165, 1.54) is 11.1 Å². The second kappa shape index (κ2) is 8.87. The summed E-state index contributed by atoms with van der Waals surface area (Å²) >= 11 is 5.92. The smallest absolute Gasteiger partial charge is 0.253 e. The Balaban J connectivity index is 2.15. The van der Waals surface area contributed by atoms with Crippen LogP contribution in [0, 0.1) is 0 Å². The summed E-state index contributed by atoms with van der Waals surface area (Å²) in [6.45, 7) is 3.93. The Morgan fingerprint density at radius 1 is 1.12 bits per heavy atom. The maximum atomic E-state index is 11.9. The molecule has 26 heavy (non-hydrogen) atoms. The van der Waals surface area contributed by atoms with Gasteiger partial charge in [0.25, 0.3) is 5.91 Å². The molecule has 0 aromatic heterocycles. The number of nitrogens with one attached hydrogen (secondary N) is 1. The molecule has 134 valence electrons. The van der Waals surface area contributed by atoms with Crippen molar-refractivity contribution in [3.8, 4) is 0 Å². The number of nitrogens with zero attached hydrogens (tertiary/aromatic N) is 2. The van der Waals surface area contributed by atoms with Crippen molar-refractivity contribution in [3.05, 3.63) is 89.4 Å². The summed E-state index contributed by atoms with van der Waals surface area (Å²) in [5, 5.41) is 3.75. The minimum Gasteiger partial charge on any atom is -0.405 e. The Morgan fingerprint density at radius 2 is 1.69 bits per heavy atom. The fourth-order valence-corrected chi connectivity index (χ4v) is 2.33. The van der Waals surface area contributed by atoms with E-state index in [-0.39, 0.29) is 5.91 Å². The third-order valence-corrected chi connectivity index (χ3v) is 3.73. The second-order valence-electron chi connectivity index (χ2n) is 5.71. The highest BCUT2D eigenvalue weighted by molar-refractivity contribution is 6.30. The number of carbonyl (C=O) groups excluding carboxylic acids is 1. The molecular formula is C20H21ClN4O. The molecule has 2 rings (SSSR count). The zero-order chi connectivity index (χ0) is 19.1. The van der Waals surface area contributed by atoms with Crippen molar-refractivity contribution in [1.82, 2.24) is 4.90 Å². The van der Waals surface area contributed by atoms with Crippen LogP contribution in [0.4, 0.5) is 5.69 Å². The number of allylic oxidation sites excluding steroid dienone is 1. The van der Waals surface area contributed by atoms with Crippen molar-refractivity contribution < 1.29 is 4.79 Å². The number of carbonyl (C=O) groups is 1. The van der Waals surface area contributed by atoms with Gasteiger partial charge in [-0.05, 0) is 48.7 Å². The molecule has 6 heteroatoms. The number of benzene rings is 2. The Morgan fingerprint density at radius 3 is 2.23 bits per heavy atom. The van der Waals surface area contributed by atoms with Crippen LogP contribution in [-0.4, -0.2) is 30.6 Å². The third kappa shape index (κ3) is 5.22. The number of halogens is 1. The monoisotopic (exact) mass is 368 g/mol. The lowest BCUT2D eigenvalue weighted by Crippen LogP contribution is -2.21. The Kier molecular flexibility index (Phi) is 6.58. The van der Waals surface area contributed by atoms with Crippen LogP contribution in [-0.2, 0) is 0 Å². The standard InChI is InChI=1S/C20H21ClN4O/c1-14(23-18-10-6-16(7-11-18)20(26)25(2)3)24-19(12-13-22)15-4-8-17(21)9-5-15/h4-13,23H,1,22H2,2-3H3/b13-12-,24-19+. The molecule has 2 aromatic carbocycles. The molecule has 0 fully saturated rings. The van der Waals surface area contributed by atoms with E-state index in [4.69, 9.17) is 17.3 Å². The van der Waals surface area contributed by atoms with Crippen LogP contribution < -0.4 is 11.1 Å². The van der Waals surface area contributed by atoms with Gasteiger partial charge in [0.2, 0.25) is 0 Å². The normalized spacial score (nSPS) is 11.4. The van der Waals surface area contributed by atoms with E-state index in [9.17, 15) is 4.79 Å². The topological polar surface area (TPSA) is 70.7 Å². The average Bonchev–Trinajstić information content (AvgIpc) is 2.62. The molecule has 0 bridgehead atoms. The molecule has 2 aromatic rings. The van der Waals surface area contributed by atoms with Gasteiger partial charge in [-0.3, -0.25) is 4.79 Å². The molecule has 0 saturated heterocycles. The highest BCUT2D eigenvalue weighted by Gasteiger charge is 2.07. The lowest BCUT2D eigenvalue weighted by Gasteiger charge is -2.11. The molecule has 0 heterocycles. The van der Waals surface area contributed by atoms with Gasteiger partial charge >= 0.3 is 0 Å². The summed E-state index contributed by atoms with van der Waals surface area (Å²) in [6, 6.07) is 14.4. The molecule has 3 N–H and O–H groups in total. The molecule has 0 radical (unpaired) electrons. The molecule has 0 saturated carbocycles. The summed E-state index contributed by atoms with van der Waals surface area (Å²) in [5.41, 5.74) is 8.43. The van der Waals surface area contributed by atoms with Crippen molar-refractivity contribution in [2.45, 2.75) is 0 Å². The van der Waals surface area contributed by atoms with Gasteiger partial charge in [-0.1, -0.05) is 30.3 Å². The van der Waals surface area contributed by atoms with E-state index in [2.05, 4.69) is 16.9 Å². The zero-order valence-corrected chi connectivity index (χ0v) is 15.5. The summed E-state index contributed by atoms with van der Waals surface area (Å²) < 4.78 is 0. The maximum Gasteiger partial charge on any atom is 0.253 e. The van der Waals surface area contributed by atoms with Gasteiger partial charge in [0, 0.05) is 35.9 Å². The van der Waals surface area contributed by atoms with Crippen LogP contribution in [0.3, 0.4) is 0 Å². The van der Waals surface area contributed by atoms with Crippen molar-refractivity contribution in [3.63, 3.8) is 0 Å². The molecule has 0 aliphatic carbocycles. The van der Waals surface area contributed by atoms with E-state index < -0.39 is 0 Å². The predicted octanol–water partition coefficient (Wildman–Crippen LogP) is 3.89. The van der Waals surface area contributed by atoms with Crippen molar-refractivity contribution in [2.24, 2.45) is 10.7 Å². The Labute approximate surface area is 158 Å². The van der Waals surface area contributed by atoms with Crippen molar-refractivity contribution >= 4 is 28.9 Å². The predicted molar refractivity (Wildman–Crippen MR) is 109 cm³/mol. The molecule has 0 atom stereocenters. The number of amides is 1. The number of anilines is 1. The first-order chi connectivity index (χ1) is 12.4. The number of nitrogens with two attached hydrogens (primary N) is 1. The van der Waals surface area contributed by atoms with Gasteiger partial charge < -0.3 is 16.0 Å². The lowest BCUT2D eigenvalue weighted by molar-refractivity contribution is 0.0827. The van der Waals surface area contributed by atoms with E-state index >= 15 is 0 Å². The average molecular weight is 369 g/mol. The lowest BCUT2D eigenvalue weighted by atomic mass is 10.1. The van der Waals surface area contributed by atoms with Crippen LogP contribution in [0.1, 0.15) is 15.9 Å². The van der Waals surface area contributed by atoms with Gasteiger partial charge in [0.1, 0.15) is 5.82 Å². The number of hydrogen-bond donors (Lipinski definition) is 2. The molecular weight excluding hydrogens is 348 g/mol. The molecule has 5 nitrogen and oxygen atoms in total. The van der Waals surface area contributed by atoms with E-state index in [1.807, 2.05) is 12.1 Å². The first kappa shape index (κ1) is 19.3. The second-order valence-corrected chi connectivity index (χ2v) is 6.15. The van der Waals surface area contributed by atoms with Crippen molar-refractivity contribution in [2.75, 3.05) is 19.4 Å². The van der Waals surface area contributed by atoms with Crippen LogP contribution in [0.5, 0.6) is 0 Å². The number of hydrogen-bond acceptors (Lipinski definition) is 4. The fourth-order valence-electron chi connectivity index (χ4n) is 2.20. The quantitative estimate of drug-likeness (QED) is 0.760. The van der Waals surface area contributed by atoms with E-state index in [0.29, 0.717) is 22.1 Å². The highest BCUT2D eigenvalue weighted by atomic mass is 35.5. The van der Waals surface area contributed by atoms with Gasteiger partial charge in [-0.2, -0.15) is 0 Å². The number of aliphatic imine (C=N–C) groups is 1. The van der Waals surface area contributed by atoms with E-state index in [1.54, 1.807) is 56.6 Å². The van der Waals surface area contributed by atoms with Crippen LogP contribution in [0.2, 0.25) is 5.02 Å². The molecule has 1 amide bonds. The van der Waals surface area contributed by atoms with Gasteiger partial charge in [-0.15, -0.1) is 0 Å². The first-order valence-corrected chi connectivity index (χ1v) is 8.29. The molecule has 0 aliphatic heterocycles. The highest BCUT2D eigenvalue weighted by Crippen LogP contribution is 2.15. The third-order valence-electron chi connectivity index (χ3n) is 3.48. The Bertz CT molecular complexity index is 837. The number of rotatable bonds is 6. The summed E-state index contributed by atoms with van der Waals surface area (Å²) in [7, 11) is 3.43. The summed E-state index contributed by atoms with van der Waals surface area (Å²) in [5.74, 6) is 0.395. The minimum absolute atomic E-state index is 0.0495. The van der Waals surface area contributed by atoms with Crippen LogP contribution in [0.15, 0.2) is 78.2 Å².